The Morgan fingerprint density at radius 1 is 1.17 bits per heavy atom. The lowest BCUT2D eigenvalue weighted by molar-refractivity contribution is 0.0989. The minimum atomic E-state index is 0.181. The Morgan fingerprint density at radius 3 is 2.61 bits per heavy atom. The number of thioether (sulfide) groups is 1. The number of aromatic nitrogens is 1. The minimum Gasteiger partial charge on any atom is -0.294 e. The molecule has 0 N–H and O–H groups in total. The number of benzene rings is 1. The van der Waals surface area contributed by atoms with E-state index in [1.165, 1.54) is 0 Å². The van der Waals surface area contributed by atoms with Crippen LogP contribution in [0.1, 0.15) is 16.8 Å². The number of hydrogen-bond acceptors (Lipinski definition) is 3. The Balaban J connectivity index is 1.82. The van der Waals surface area contributed by atoms with E-state index in [1.54, 1.807) is 18.0 Å². The predicted octanol–water partition coefficient (Wildman–Crippen LogP) is 4.21. The summed E-state index contributed by atoms with van der Waals surface area (Å²) in [6.07, 6.45) is 2.30. The molecule has 0 aliphatic rings. The number of carbonyl (C=O) groups excluding carboxylic acids is 1. The number of carbonyl (C=O) groups is 1. The van der Waals surface area contributed by atoms with Crippen molar-refractivity contribution in [2.75, 3.05) is 5.75 Å². The first-order valence-electron chi connectivity index (χ1n) is 5.58. The van der Waals surface area contributed by atoms with Gasteiger partial charge in [0.1, 0.15) is 0 Å². The van der Waals surface area contributed by atoms with Crippen molar-refractivity contribution in [1.82, 2.24) is 4.98 Å². The first-order chi connectivity index (χ1) is 8.75. The van der Waals surface area contributed by atoms with Gasteiger partial charge >= 0.3 is 0 Å². The van der Waals surface area contributed by atoms with Crippen molar-refractivity contribution in [1.29, 1.82) is 0 Å². The van der Waals surface area contributed by atoms with E-state index in [9.17, 15) is 4.79 Å². The number of hydrogen-bond donors (Lipinski definition) is 0. The molecule has 92 valence electrons. The van der Waals surface area contributed by atoms with Gasteiger partial charge in [-0.1, -0.05) is 30.3 Å². The smallest absolute Gasteiger partial charge is 0.163 e. The second kappa shape index (κ2) is 6.71. The van der Waals surface area contributed by atoms with Gasteiger partial charge in [-0.15, -0.1) is 11.8 Å². The largest absolute Gasteiger partial charge is 0.294 e. The maximum absolute atomic E-state index is 11.8. The fourth-order valence-electron chi connectivity index (χ4n) is 1.46. The number of pyridine rings is 1. The van der Waals surface area contributed by atoms with E-state index in [2.05, 4.69) is 20.9 Å². The van der Waals surface area contributed by atoms with E-state index in [0.717, 1.165) is 20.8 Å². The quantitative estimate of drug-likeness (QED) is 0.610. The van der Waals surface area contributed by atoms with Crippen LogP contribution in [0.25, 0.3) is 0 Å². The molecule has 2 rings (SSSR count). The molecule has 0 aliphatic carbocycles. The van der Waals surface area contributed by atoms with E-state index < -0.39 is 0 Å². The Bertz CT molecular complexity index is 513. The van der Waals surface area contributed by atoms with Crippen molar-refractivity contribution >= 4 is 33.5 Å². The van der Waals surface area contributed by atoms with Crippen LogP contribution in [0, 0.1) is 0 Å². The zero-order valence-electron chi connectivity index (χ0n) is 9.67. The topological polar surface area (TPSA) is 30.0 Å². The molecule has 4 heteroatoms. The molecule has 18 heavy (non-hydrogen) atoms. The van der Waals surface area contributed by atoms with Crippen molar-refractivity contribution in [3.05, 3.63) is 58.7 Å². The van der Waals surface area contributed by atoms with E-state index in [0.29, 0.717) is 6.42 Å². The molecule has 0 saturated heterocycles. The zero-order valence-corrected chi connectivity index (χ0v) is 12.1. The third kappa shape index (κ3) is 3.96. The van der Waals surface area contributed by atoms with Gasteiger partial charge in [-0.2, -0.15) is 0 Å². The number of nitrogens with zero attached hydrogens (tertiary/aromatic N) is 1. The van der Waals surface area contributed by atoms with Gasteiger partial charge in [0.15, 0.2) is 5.78 Å². The molecule has 2 aromatic rings. The van der Waals surface area contributed by atoms with Crippen LogP contribution < -0.4 is 0 Å². The molecule has 0 amide bonds. The first kappa shape index (κ1) is 13.3. The molecule has 0 fully saturated rings. The first-order valence-corrected chi connectivity index (χ1v) is 7.36. The van der Waals surface area contributed by atoms with Crippen LogP contribution in [-0.2, 0) is 0 Å². The van der Waals surface area contributed by atoms with Gasteiger partial charge in [-0.25, -0.2) is 4.98 Å². The molecule has 0 spiro atoms. The van der Waals surface area contributed by atoms with Gasteiger partial charge < -0.3 is 0 Å². The van der Waals surface area contributed by atoms with Crippen LogP contribution >= 0.6 is 27.7 Å². The van der Waals surface area contributed by atoms with Crippen LogP contribution in [0.3, 0.4) is 0 Å². The van der Waals surface area contributed by atoms with Crippen LogP contribution in [0.15, 0.2) is 58.2 Å². The third-order valence-corrected chi connectivity index (χ3v) is 3.79. The lowest BCUT2D eigenvalue weighted by Gasteiger charge is -2.01. The SMILES string of the molecule is O=C(CCSc1ccc(Br)cn1)c1ccccc1. The highest BCUT2D eigenvalue weighted by Crippen LogP contribution is 2.19. The summed E-state index contributed by atoms with van der Waals surface area (Å²) in [5.41, 5.74) is 0.780. The van der Waals surface area contributed by atoms with Crippen LogP contribution in [0.4, 0.5) is 0 Å². The maximum atomic E-state index is 11.8. The van der Waals surface area contributed by atoms with Crippen molar-refractivity contribution in [3.63, 3.8) is 0 Å². The molecule has 1 heterocycles. The van der Waals surface area contributed by atoms with Crippen molar-refractivity contribution in [3.8, 4) is 0 Å². The van der Waals surface area contributed by atoms with Crippen LogP contribution in [-0.4, -0.2) is 16.5 Å². The van der Waals surface area contributed by atoms with E-state index in [1.807, 2.05) is 42.5 Å². The number of rotatable bonds is 5. The van der Waals surface area contributed by atoms with Crippen LogP contribution in [0.5, 0.6) is 0 Å². The molecule has 0 radical (unpaired) electrons. The molecule has 2 nitrogen and oxygen atoms in total. The van der Waals surface area contributed by atoms with Gasteiger partial charge in [0.05, 0.1) is 5.03 Å². The van der Waals surface area contributed by atoms with Crippen LogP contribution in [0.2, 0.25) is 0 Å². The van der Waals surface area contributed by atoms with Crippen molar-refractivity contribution in [2.24, 2.45) is 0 Å². The van der Waals surface area contributed by atoms with Gasteiger partial charge in [-0.05, 0) is 28.1 Å². The van der Waals surface area contributed by atoms with Crippen molar-refractivity contribution in [2.45, 2.75) is 11.4 Å². The summed E-state index contributed by atoms with van der Waals surface area (Å²) >= 11 is 4.94. The summed E-state index contributed by atoms with van der Waals surface area (Å²) in [5, 5.41) is 0.944. The summed E-state index contributed by atoms with van der Waals surface area (Å²) in [4.78, 5) is 16.1. The summed E-state index contributed by atoms with van der Waals surface area (Å²) < 4.78 is 0.965. The molecule has 1 aromatic carbocycles. The van der Waals surface area contributed by atoms with Gasteiger partial charge in [-0.3, -0.25) is 4.79 Å². The average molecular weight is 322 g/mol. The summed E-state index contributed by atoms with van der Waals surface area (Å²) in [6, 6.07) is 13.3. The summed E-state index contributed by atoms with van der Waals surface area (Å²) in [7, 11) is 0. The Hall–Kier alpha value is -1.13. The molecule has 0 bridgehead atoms. The zero-order chi connectivity index (χ0) is 12.8. The fraction of sp³-hybridized carbons (Fsp3) is 0.143. The average Bonchev–Trinajstić information content (AvgIpc) is 2.42. The molecule has 0 saturated carbocycles. The fourth-order valence-corrected chi connectivity index (χ4v) is 2.49. The highest BCUT2D eigenvalue weighted by molar-refractivity contribution is 9.10. The lowest BCUT2D eigenvalue weighted by Crippen LogP contribution is -2.00. The highest BCUT2D eigenvalue weighted by atomic mass is 79.9. The third-order valence-electron chi connectivity index (χ3n) is 2.38. The van der Waals surface area contributed by atoms with Gasteiger partial charge in [0.25, 0.3) is 0 Å². The second-order valence-corrected chi connectivity index (χ2v) is 5.73. The minimum absolute atomic E-state index is 0.181. The Kier molecular flexibility index (Phi) is 4.96. The van der Waals surface area contributed by atoms with E-state index in [-0.39, 0.29) is 5.78 Å². The molecular formula is C14H12BrNOS. The Labute approximate surface area is 119 Å². The number of ketones is 1. The normalized spacial score (nSPS) is 10.3. The van der Waals surface area contributed by atoms with Gasteiger partial charge in [0, 0.05) is 28.4 Å². The maximum Gasteiger partial charge on any atom is 0.163 e. The molecule has 0 unspecified atom stereocenters. The monoisotopic (exact) mass is 321 g/mol. The molecular weight excluding hydrogens is 310 g/mol. The number of halogens is 1. The highest BCUT2D eigenvalue weighted by Gasteiger charge is 2.05. The van der Waals surface area contributed by atoms with Crippen molar-refractivity contribution < 1.29 is 4.79 Å². The number of Topliss-reactive ketones (excluding diaryl/α,β-unsaturated/α-hetero) is 1. The Morgan fingerprint density at radius 2 is 1.94 bits per heavy atom. The standard InChI is InChI=1S/C14H12BrNOS/c15-12-6-7-14(16-10-12)18-9-8-13(17)11-4-2-1-3-5-11/h1-7,10H,8-9H2. The second-order valence-electron chi connectivity index (χ2n) is 3.70. The van der Waals surface area contributed by atoms with E-state index >= 15 is 0 Å². The van der Waals surface area contributed by atoms with E-state index in [4.69, 9.17) is 0 Å². The molecule has 0 aliphatic heterocycles. The lowest BCUT2D eigenvalue weighted by atomic mass is 10.1. The summed E-state index contributed by atoms with van der Waals surface area (Å²) in [6.45, 7) is 0. The predicted molar refractivity (Wildman–Crippen MR) is 78.1 cm³/mol. The molecule has 0 atom stereocenters. The van der Waals surface area contributed by atoms with Gasteiger partial charge in [0.2, 0.25) is 0 Å². The summed E-state index contributed by atoms with van der Waals surface area (Å²) in [5.74, 6) is 0.933. The molecule has 1 aromatic heterocycles.